The first-order valence-corrected chi connectivity index (χ1v) is 8.40. The molecule has 0 unspecified atom stereocenters. The minimum atomic E-state index is -4.65. The summed E-state index contributed by atoms with van der Waals surface area (Å²) in [5, 5.41) is 19.8. The van der Waals surface area contributed by atoms with E-state index in [0.717, 1.165) is 12.1 Å². The average molecular weight is 380 g/mol. The van der Waals surface area contributed by atoms with E-state index in [0.29, 0.717) is 5.56 Å². The largest absolute Gasteiger partial charge is 0.504 e. The zero-order chi connectivity index (χ0) is 19.1. The molecular weight excluding hydrogens is 368 g/mol. The fraction of sp³-hybridized carbons (Fsp3) is 0.0625. The Morgan fingerprint density at radius 1 is 1.08 bits per heavy atom. The summed E-state index contributed by atoms with van der Waals surface area (Å²) in [7, 11) is -3.42. The van der Waals surface area contributed by atoms with Crippen molar-refractivity contribution in [2.45, 2.75) is 0 Å². The molecule has 0 bridgehead atoms. The minimum Gasteiger partial charge on any atom is -0.504 e. The predicted octanol–water partition coefficient (Wildman–Crippen LogP) is 2.06. The number of fused-ring (bicyclic) bond motifs is 1. The molecule has 0 aliphatic heterocycles. The molecule has 2 aromatic carbocycles. The molecule has 0 radical (unpaired) electrons. The molecule has 0 fully saturated rings. The van der Waals surface area contributed by atoms with Crippen LogP contribution in [0.1, 0.15) is 0 Å². The first-order chi connectivity index (χ1) is 12.2. The lowest BCUT2D eigenvalue weighted by Crippen LogP contribution is -2.06. The fourth-order valence-electron chi connectivity index (χ4n) is 2.41. The number of rotatable bonds is 4. The van der Waals surface area contributed by atoms with E-state index in [-0.39, 0.29) is 28.2 Å². The Morgan fingerprint density at radius 2 is 1.73 bits per heavy atom. The van der Waals surface area contributed by atoms with E-state index < -0.39 is 27.3 Å². The van der Waals surface area contributed by atoms with E-state index >= 15 is 0 Å². The zero-order valence-corrected chi connectivity index (χ0v) is 14.0. The number of ether oxygens (including phenoxy) is 1. The smallest absolute Gasteiger partial charge is 0.446 e. The van der Waals surface area contributed by atoms with Crippen molar-refractivity contribution in [3.8, 4) is 34.3 Å². The molecule has 0 amide bonds. The number of benzene rings is 2. The van der Waals surface area contributed by atoms with Crippen LogP contribution in [0.15, 0.2) is 45.6 Å². The molecule has 0 atom stereocenters. The van der Waals surface area contributed by atoms with Gasteiger partial charge in [0.25, 0.3) is 0 Å². The van der Waals surface area contributed by atoms with Crippen molar-refractivity contribution in [2.24, 2.45) is 0 Å². The number of methoxy groups -OCH3 is 1. The Kier molecular flexibility index (Phi) is 4.22. The molecule has 3 rings (SSSR count). The van der Waals surface area contributed by atoms with Gasteiger partial charge in [-0.05, 0) is 24.3 Å². The third kappa shape index (κ3) is 3.27. The molecule has 3 aromatic rings. The molecule has 0 aliphatic carbocycles. The predicted molar refractivity (Wildman–Crippen MR) is 90.0 cm³/mol. The monoisotopic (exact) mass is 380 g/mol. The molecule has 26 heavy (non-hydrogen) atoms. The van der Waals surface area contributed by atoms with Gasteiger partial charge in [-0.15, -0.1) is 0 Å². The first-order valence-electron chi connectivity index (χ1n) is 7.03. The Hall–Kier alpha value is -3.24. The molecule has 0 saturated heterocycles. The molecule has 3 N–H and O–H groups in total. The van der Waals surface area contributed by atoms with Crippen molar-refractivity contribution in [3.05, 3.63) is 46.6 Å². The number of phenols is 2. The highest BCUT2D eigenvalue weighted by molar-refractivity contribution is 7.81. The van der Waals surface area contributed by atoms with Crippen molar-refractivity contribution in [1.29, 1.82) is 0 Å². The molecule has 10 heteroatoms. The summed E-state index contributed by atoms with van der Waals surface area (Å²) >= 11 is 0. The van der Waals surface area contributed by atoms with E-state index in [1.807, 2.05) is 0 Å². The van der Waals surface area contributed by atoms with E-state index in [2.05, 4.69) is 4.18 Å². The third-order valence-corrected chi connectivity index (χ3v) is 3.87. The molecule has 0 spiro atoms. The summed E-state index contributed by atoms with van der Waals surface area (Å²) in [4.78, 5) is 12.3. The van der Waals surface area contributed by atoms with Gasteiger partial charge in [-0.2, -0.15) is 8.42 Å². The molecular formula is C16H12O9S. The average Bonchev–Trinajstić information content (AvgIpc) is 2.53. The van der Waals surface area contributed by atoms with Crippen molar-refractivity contribution in [1.82, 2.24) is 0 Å². The Morgan fingerprint density at radius 3 is 2.31 bits per heavy atom. The number of phenolic OH excluding ortho intramolecular Hbond substituents is 2. The van der Waals surface area contributed by atoms with Crippen molar-refractivity contribution in [3.63, 3.8) is 0 Å². The molecule has 0 aliphatic rings. The second-order valence-electron chi connectivity index (χ2n) is 5.16. The normalized spacial score (nSPS) is 11.5. The van der Waals surface area contributed by atoms with Gasteiger partial charge in [-0.1, -0.05) is 0 Å². The van der Waals surface area contributed by atoms with Crippen molar-refractivity contribution >= 4 is 21.4 Å². The van der Waals surface area contributed by atoms with Gasteiger partial charge >= 0.3 is 10.4 Å². The van der Waals surface area contributed by atoms with Crippen molar-refractivity contribution in [2.75, 3.05) is 7.11 Å². The van der Waals surface area contributed by atoms with Crippen LogP contribution in [0.3, 0.4) is 0 Å². The van der Waals surface area contributed by atoms with E-state index in [1.54, 1.807) is 0 Å². The summed E-state index contributed by atoms with van der Waals surface area (Å²) in [5.74, 6) is -1.23. The van der Waals surface area contributed by atoms with Gasteiger partial charge in [0.15, 0.2) is 16.9 Å². The fourth-order valence-corrected chi connectivity index (χ4v) is 2.77. The first kappa shape index (κ1) is 17.6. The summed E-state index contributed by atoms with van der Waals surface area (Å²) in [5.41, 5.74) is -0.252. The molecule has 1 heterocycles. The highest BCUT2D eigenvalue weighted by Gasteiger charge is 2.18. The van der Waals surface area contributed by atoms with E-state index in [4.69, 9.17) is 13.7 Å². The van der Waals surface area contributed by atoms with Crippen LogP contribution in [0.2, 0.25) is 0 Å². The lowest BCUT2D eigenvalue weighted by Gasteiger charge is -2.09. The summed E-state index contributed by atoms with van der Waals surface area (Å²) in [6.45, 7) is 0. The van der Waals surface area contributed by atoms with Gasteiger partial charge in [0.1, 0.15) is 22.5 Å². The second kappa shape index (κ2) is 6.24. The summed E-state index contributed by atoms with van der Waals surface area (Å²) in [6.07, 6.45) is 0. The van der Waals surface area contributed by atoms with E-state index in [9.17, 15) is 23.4 Å². The maximum absolute atomic E-state index is 12.3. The SMILES string of the molecule is COc1c(O)cc2oc(-c3ccc(OS(=O)(=O)O)cc3)cc(=O)c2c1O. The highest BCUT2D eigenvalue weighted by Crippen LogP contribution is 2.41. The lowest BCUT2D eigenvalue weighted by molar-refractivity contribution is 0.346. The van der Waals surface area contributed by atoms with Crippen LogP contribution >= 0.6 is 0 Å². The maximum atomic E-state index is 12.3. The number of hydrogen-bond donors (Lipinski definition) is 3. The highest BCUT2D eigenvalue weighted by atomic mass is 32.3. The minimum absolute atomic E-state index is 0.0680. The zero-order valence-electron chi connectivity index (χ0n) is 13.2. The number of hydrogen-bond acceptors (Lipinski definition) is 8. The van der Waals surface area contributed by atoms with Crippen LogP contribution in [0.5, 0.6) is 23.0 Å². The molecule has 136 valence electrons. The summed E-state index contributed by atoms with van der Waals surface area (Å²) < 4.78 is 44.7. The Balaban J connectivity index is 2.11. The Bertz CT molecular complexity index is 1150. The van der Waals surface area contributed by atoms with Crippen LogP contribution in [-0.4, -0.2) is 30.3 Å². The quantitative estimate of drug-likeness (QED) is 0.579. The van der Waals surface area contributed by atoms with Gasteiger partial charge in [-0.25, -0.2) is 0 Å². The van der Waals surface area contributed by atoms with Gasteiger partial charge in [-0.3, -0.25) is 9.35 Å². The van der Waals surface area contributed by atoms with Gasteiger partial charge in [0, 0.05) is 17.7 Å². The standard InChI is InChI=1S/C16H12O9S/c1-23-16-11(18)7-13-14(15(16)19)10(17)6-12(24-13)8-2-4-9(5-3-8)25-26(20,21)22/h2-7,18-19H,1H3,(H,20,21,22). The van der Waals surface area contributed by atoms with Crippen LogP contribution in [0.4, 0.5) is 0 Å². The topological polar surface area (TPSA) is 144 Å². The number of aromatic hydroxyl groups is 2. The summed E-state index contributed by atoms with van der Waals surface area (Å²) in [6, 6.07) is 7.54. The molecule has 0 saturated carbocycles. The van der Waals surface area contributed by atoms with Crippen molar-refractivity contribution < 1.29 is 36.5 Å². The lowest BCUT2D eigenvalue weighted by atomic mass is 10.1. The van der Waals surface area contributed by atoms with Crippen LogP contribution in [0.25, 0.3) is 22.3 Å². The second-order valence-corrected chi connectivity index (χ2v) is 6.18. The third-order valence-electron chi connectivity index (χ3n) is 3.47. The molecule has 1 aromatic heterocycles. The van der Waals surface area contributed by atoms with Crippen LogP contribution < -0.4 is 14.3 Å². The molecule has 9 nitrogen and oxygen atoms in total. The Labute approximate surface area is 146 Å². The van der Waals surface area contributed by atoms with Crippen LogP contribution in [-0.2, 0) is 10.4 Å². The van der Waals surface area contributed by atoms with Crippen LogP contribution in [0, 0.1) is 0 Å². The maximum Gasteiger partial charge on any atom is 0.446 e. The van der Waals surface area contributed by atoms with Gasteiger partial charge in [0.2, 0.25) is 5.75 Å². The van der Waals surface area contributed by atoms with Gasteiger partial charge in [0.05, 0.1) is 7.11 Å². The van der Waals surface area contributed by atoms with E-state index in [1.165, 1.54) is 31.4 Å². The van der Waals surface area contributed by atoms with Gasteiger partial charge < -0.3 is 23.6 Å².